The van der Waals surface area contributed by atoms with Crippen LogP contribution in [0, 0.1) is 5.92 Å². The van der Waals surface area contributed by atoms with Gasteiger partial charge in [0, 0.05) is 30.4 Å². The quantitative estimate of drug-likeness (QED) is 0.758. The standard InChI is InChI=1S/C18H29N3O5S/c1-17(2,3)14-10-13(25-20-14)15-19-16(21-26-15)18(4,5)27(22,23)11-12-6-8-24-9-7-12/h10,12,22-23H,6-9,11H2,1-5H3. The average Bonchev–Trinajstić information content (AvgIpc) is 3.24. The van der Waals surface area contributed by atoms with Crippen molar-refractivity contribution in [3.63, 3.8) is 0 Å². The second-order valence-electron chi connectivity index (χ2n) is 8.65. The van der Waals surface area contributed by atoms with Crippen LogP contribution in [0.4, 0.5) is 0 Å². The van der Waals surface area contributed by atoms with E-state index in [9.17, 15) is 9.11 Å². The van der Waals surface area contributed by atoms with Gasteiger partial charge in [0.1, 0.15) is 4.75 Å². The Morgan fingerprint density at radius 2 is 1.74 bits per heavy atom. The van der Waals surface area contributed by atoms with Crippen molar-refractivity contribution in [2.75, 3.05) is 19.0 Å². The Hall–Kier alpha value is -1.42. The van der Waals surface area contributed by atoms with Gasteiger partial charge in [-0.3, -0.25) is 9.11 Å². The zero-order chi connectivity index (χ0) is 19.9. The highest BCUT2D eigenvalue weighted by Crippen LogP contribution is 2.58. The molecule has 0 unspecified atom stereocenters. The van der Waals surface area contributed by atoms with Gasteiger partial charge in [0.2, 0.25) is 5.76 Å². The molecule has 9 heteroatoms. The number of ether oxygens (including phenoxy) is 1. The van der Waals surface area contributed by atoms with Crippen molar-refractivity contribution < 1.29 is 22.9 Å². The van der Waals surface area contributed by atoms with Gasteiger partial charge in [0.15, 0.2) is 5.82 Å². The molecule has 152 valence electrons. The lowest BCUT2D eigenvalue weighted by Crippen LogP contribution is -2.33. The van der Waals surface area contributed by atoms with Gasteiger partial charge in [-0.05, 0) is 32.6 Å². The van der Waals surface area contributed by atoms with Crippen LogP contribution in [-0.2, 0) is 14.9 Å². The second kappa shape index (κ2) is 7.20. The van der Waals surface area contributed by atoms with Crippen LogP contribution in [0.2, 0.25) is 0 Å². The van der Waals surface area contributed by atoms with Crippen LogP contribution in [-0.4, -0.2) is 43.4 Å². The first-order valence-electron chi connectivity index (χ1n) is 9.16. The topological polar surface area (TPSA) is 115 Å². The van der Waals surface area contributed by atoms with Gasteiger partial charge in [0.05, 0.1) is 5.69 Å². The molecule has 0 atom stereocenters. The van der Waals surface area contributed by atoms with Crippen molar-refractivity contribution in [3.05, 3.63) is 17.6 Å². The largest absolute Gasteiger partial charge is 0.381 e. The lowest BCUT2D eigenvalue weighted by Gasteiger charge is -2.46. The summed E-state index contributed by atoms with van der Waals surface area (Å²) in [7, 11) is -2.99. The summed E-state index contributed by atoms with van der Waals surface area (Å²) >= 11 is 0. The fourth-order valence-electron chi connectivity index (χ4n) is 2.89. The van der Waals surface area contributed by atoms with E-state index in [4.69, 9.17) is 13.8 Å². The van der Waals surface area contributed by atoms with E-state index in [1.807, 2.05) is 20.8 Å². The Morgan fingerprint density at radius 1 is 1.07 bits per heavy atom. The van der Waals surface area contributed by atoms with Crippen LogP contribution in [0.3, 0.4) is 0 Å². The SMILES string of the molecule is CC(C)(C)c1cc(-c2nc(C(C)(C)S(O)(O)CC3CCOCC3)no2)on1. The lowest BCUT2D eigenvalue weighted by atomic mass is 9.92. The molecule has 2 aromatic rings. The maximum atomic E-state index is 10.9. The summed E-state index contributed by atoms with van der Waals surface area (Å²) in [6.45, 7) is 10.9. The van der Waals surface area contributed by atoms with Gasteiger partial charge in [-0.2, -0.15) is 15.6 Å². The molecule has 0 spiro atoms. The number of rotatable bonds is 5. The molecular weight excluding hydrogens is 370 g/mol. The predicted molar refractivity (Wildman–Crippen MR) is 103 cm³/mol. The molecule has 2 aromatic heterocycles. The third-order valence-corrected chi connectivity index (χ3v) is 7.83. The smallest absolute Gasteiger partial charge is 0.296 e. The first-order chi connectivity index (χ1) is 12.5. The number of aromatic nitrogens is 3. The molecule has 0 bridgehead atoms. The normalized spacial score (nSPS) is 18.0. The van der Waals surface area contributed by atoms with Crippen molar-refractivity contribution in [2.45, 2.75) is 57.6 Å². The van der Waals surface area contributed by atoms with E-state index < -0.39 is 15.3 Å². The van der Waals surface area contributed by atoms with Crippen LogP contribution in [0.5, 0.6) is 0 Å². The first kappa shape index (κ1) is 20.3. The molecule has 8 nitrogen and oxygen atoms in total. The highest BCUT2D eigenvalue weighted by Gasteiger charge is 2.42. The molecule has 1 aliphatic rings. The van der Waals surface area contributed by atoms with E-state index >= 15 is 0 Å². The fraction of sp³-hybridized carbons (Fsp3) is 0.722. The van der Waals surface area contributed by atoms with Gasteiger partial charge in [-0.15, -0.1) is 0 Å². The van der Waals surface area contributed by atoms with Crippen molar-refractivity contribution in [2.24, 2.45) is 5.92 Å². The van der Waals surface area contributed by atoms with Gasteiger partial charge >= 0.3 is 0 Å². The van der Waals surface area contributed by atoms with Crippen LogP contribution in [0.15, 0.2) is 15.1 Å². The van der Waals surface area contributed by atoms with Gasteiger partial charge in [0.25, 0.3) is 5.89 Å². The molecular formula is C18H29N3O5S. The van der Waals surface area contributed by atoms with E-state index in [0.29, 0.717) is 24.7 Å². The van der Waals surface area contributed by atoms with Crippen LogP contribution in [0.25, 0.3) is 11.7 Å². The molecule has 3 heterocycles. The Kier molecular flexibility index (Phi) is 5.42. The van der Waals surface area contributed by atoms with Crippen molar-refractivity contribution >= 4 is 10.6 Å². The third-order valence-electron chi connectivity index (χ3n) is 5.08. The molecule has 1 saturated heterocycles. The van der Waals surface area contributed by atoms with E-state index in [1.54, 1.807) is 19.9 Å². The zero-order valence-electron chi connectivity index (χ0n) is 16.6. The first-order valence-corrected chi connectivity index (χ1v) is 10.9. The maximum absolute atomic E-state index is 10.9. The highest BCUT2D eigenvalue weighted by molar-refractivity contribution is 8.25. The third kappa shape index (κ3) is 4.21. The minimum atomic E-state index is -2.99. The molecule has 2 N–H and O–H groups in total. The van der Waals surface area contributed by atoms with Gasteiger partial charge in [-0.1, -0.05) is 31.1 Å². The Morgan fingerprint density at radius 3 is 2.33 bits per heavy atom. The summed E-state index contributed by atoms with van der Waals surface area (Å²) in [6, 6.07) is 1.77. The predicted octanol–water partition coefficient (Wildman–Crippen LogP) is 4.43. The van der Waals surface area contributed by atoms with Gasteiger partial charge in [-0.25, -0.2) is 0 Å². The highest BCUT2D eigenvalue weighted by atomic mass is 32.3. The Balaban J connectivity index is 1.80. The molecule has 1 fully saturated rings. The number of hydrogen-bond acceptors (Lipinski definition) is 8. The fourth-order valence-corrected chi connectivity index (χ4v) is 4.68. The van der Waals surface area contributed by atoms with Crippen molar-refractivity contribution in [1.29, 1.82) is 0 Å². The number of hydrogen-bond donors (Lipinski definition) is 2. The van der Waals surface area contributed by atoms with E-state index in [-0.39, 0.29) is 23.0 Å². The molecule has 0 aromatic carbocycles. The molecule has 0 amide bonds. The summed E-state index contributed by atoms with van der Waals surface area (Å²) in [6.07, 6.45) is 1.66. The lowest BCUT2D eigenvalue weighted by molar-refractivity contribution is 0.0717. The second-order valence-corrected chi connectivity index (χ2v) is 11.3. The van der Waals surface area contributed by atoms with E-state index in [1.165, 1.54) is 0 Å². The van der Waals surface area contributed by atoms with Crippen molar-refractivity contribution in [1.82, 2.24) is 15.3 Å². The molecule has 3 rings (SSSR count). The van der Waals surface area contributed by atoms with Crippen LogP contribution >= 0.6 is 10.6 Å². The summed E-state index contributed by atoms with van der Waals surface area (Å²) in [5, 5.41) is 8.05. The van der Waals surface area contributed by atoms with Crippen LogP contribution in [0.1, 0.15) is 59.0 Å². The van der Waals surface area contributed by atoms with Gasteiger partial charge < -0.3 is 13.8 Å². The summed E-state index contributed by atoms with van der Waals surface area (Å²) in [4.78, 5) is 4.37. The molecule has 0 radical (unpaired) electrons. The monoisotopic (exact) mass is 399 g/mol. The zero-order valence-corrected chi connectivity index (χ0v) is 17.4. The Labute approximate surface area is 161 Å². The molecule has 0 saturated carbocycles. The summed E-state index contributed by atoms with van der Waals surface area (Å²) in [5.41, 5.74) is 0.614. The number of nitrogens with zero attached hydrogens (tertiary/aromatic N) is 3. The van der Waals surface area contributed by atoms with E-state index in [2.05, 4.69) is 15.3 Å². The minimum Gasteiger partial charge on any atom is -0.381 e. The minimum absolute atomic E-state index is 0.164. The maximum Gasteiger partial charge on any atom is 0.296 e. The van der Waals surface area contributed by atoms with Crippen molar-refractivity contribution in [3.8, 4) is 11.7 Å². The Bertz CT molecular complexity index is 772. The van der Waals surface area contributed by atoms with E-state index in [0.717, 1.165) is 18.5 Å². The van der Waals surface area contributed by atoms with Crippen LogP contribution < -0.4 is 0 Å². The summed E-state index contributed by atoms with van der Waals surface area (Å²) in [5.74, 6) is 1.33. The molecule has 27 heavy (non-hydrogen) atoms. The molecule has 0 aliphatic carbocycles. The molecule has 1 aliphatic heterocycles. The average molecular weight is 400 g/mol. The summed E-state index contributed by atoms with van der Waals surface area (Å²) < 4.78 is 36.7.